The maximum absolute atomic E-state index is 9.91. The van der Waals surface area contributed by atoms with Gasteiger partial charge in [0.2, 0.25) is 0 Å². The molecule has 0 aliphatic carbocycles. The van der Waals surface area contributed by atoms with Crippen LogP contribution in [-0.4, -0.2) is 0 Å². The fourth-order valence-electron chi connectivity index (χ4n) is 0. The molecule has 0 unspecified atom stereocenters. The molecule has 0 fully saturated rings. The zero-order valence-corrected chi connectivity index (χ0v) is 5.68. The summed E-state index contributed by atoms with van der Waals surface area (Å²) in [7, 11) is 0. The van der Waals surface area contributed by atoms with Crippen molar-refractivity contribution in [2.45, 2.75) is 0 Å². The first-order valence-electron chi connectivity index (χ1n) is 0.676. The molecular formula is F4Np. The zero-order valence-electron chi connectivity index (χ0n) is 1.96. The van der Waals surface area contributed by atoms with Crippen molar-refractivity contribution in [2.24, 2.45) is 0 Å². The van der Waals surface area contributed by atoms with E-state index < -0.39 is 26.0 Å². The summed E-state index contributed by atoms with van der Waals surface area (Å²) in [6.07, 6.45) is 0. The standard InChI is InChI=1S/4FH.Np/h4*1H;/q;;;;+4/p-4. The fraction of sp³-hybridized carbons (Fsp3) is 0. The zero-order chi connectivity index (χ0) is 4.50. The molecule has 0 aliphatic rings. The molecule has 0 saturated heterocycles. The van der Waals surface area contributed by atoms with Gasteiger partial charge in [0, 0.05) is 0 Å². The van der Waals surface area contributed by atoms with E-state index in [-0.39, 0.29) is 0 Å². The second-order valence-corrected chi connectivity index (χ2v) is 3.58. The van der Waals surface area contributed by atoms with Gasteiger partial charge in [-0.15, -0.1) is 0 Å². The summed E-state index contributed by atoms with van der Waals surface area (Å²) in [5, 5.41) is 0. The van der Waals surface area contributed by atoms with Crippen LogP contribution < -0.4 is 0 Å². The summed E-state index contributed by atoms with van der Waals surface area (Å²) in [6, 6.07) is 0. The molecule has 0 aromatic carbocycles. The van der Waals surface area contributed by atoms with E-state index in [2.05, 4.69) is 0 Å². The van der Waals surface area contributed by atoms with Gasteiger partial charge in [-0.2, -0.15) is 0 Å². The third-order valence-electron chi connectivity index (χ3n) is 0. The molecule has 5 heavy (non-hydrogen) atoms. The van der Waals surface area contributed by atoms with Crippen molar-refractivity contribution in [1.29, 1.82) is 0 Å². The van der Waals surface area contributed by atoms with Gasteiger partial charge in [0.25, 0.3) is 0 Å². The minimum atomic E-state index is -7.30. The quantitative estimate of drug-likeness (QED) is 0.597. The van der Waals surface area contributed by atoms with Gasteiger partial charge < -0.3 is 0 Å². The first-order valence-corrected chi connectivity index (χ1v) is 6.31. The molecule has 0 rings (SSSR count). The minimum absolute atomic E-state index is 7.30. The summed E-state index contributed by atoms with van der Waals surface area (Å²) >= 11 is -7.30. The first kappa shape index (κ1) is 5.73. The van der Waals surface area contributed by atoms with Crippen LogP contribution in [0.2, 0.25) is 0 Å². The van der Waals surface area contributed by atoms with E-state index in [9.17, 15) is 8.91 Å². The average Bonchev–Trinajstić information content (AvgIpc) is 0.722. The van der Waals surface area contributed by atoms with Gasteiger partial charge in [0.1, 0.15) is 0 Å². The summed E-state index contributed by atoms with van der Waals surface area (Å²) in [5.74, 6) is 0. The number of halogens is 4. The van der Waals surface area contributed by atoms with E-state index in [4.69, 9.17) is 0 Å². The fourth-order valence-corrected chi connectivity index (χ4v) is 0. The third-order valence-corrected chi connectivity index (χ3v) is 0. The van der Waals surface area contributed by atoms with Crippen molar-refractivity contribution in [3.8, 4) is 0 Å². The van der Waals surface area contributed by atoms with Gasteiger partial charge >= 0.3 is 34.9 Å². The summed E-state index contributed by atoms with van der Waals surface area (Å²) in [4.78, 5) is 0. The van der Waals surface area contributed by atoms with Crippen LogP contribution >= 0.6 is 0 Å². The number of hydrogen-bond donors (Lipinski definition) is 0. The maximum atomic E-state index is 9.91. The Morgan fingerprint density at radius 2 is 0.800 bits per heavy atom. The molecule has 0 amide bonds. The topological polar surface area (TPSA) is 0 Å². The van der Waals surface area contributed by atoms with Crippen LogP contribution in [0.4, 0.5) is 8.91 Å². The van der Waals surface area contributed by atoms with E-state index in [1.807, 2.05) is 0 Å². The van der Waals surface area contributed by atoms with Gasteiger partial charge in [0.15, 0.2) is 0 Å². The van der Waals surface area contributed by atoms with E-state index >= 15 is 0 Å². The van der Waals surface area contributed by atoms with Crippen molar-refractivity contribution in [3.05, 3.63) is 0 Å². The van der Waals surface area contributed by atoms with Crippen LogP contribution in [0.3, 0.4) is 0 Å². The van der Waals surface area contributed by atoms with Gasteiger partial charge in [-0.3, -0.25) is 0 Å². The van der Waals surface area contributed by atoms with Gasteiger partial charge in [-0.25, -0.2) is 0 Å². The Balaban J connectivity index is 3.02. The monoisotopic (exact) mass is 312 g/mol. The SMILES string of the molecule is [F][Np]([F])([F])[F]. The third kappa shape index (κ3) is 65.8. The van der Waals surface area contributed by atoms with Crippen molar-refractivity contribution in [1.82, 2.24) is 0 Å². The molecule has 0 bridgehead atoms. The van der Waals surface area contributed by atoms with Crippen LogP contribution in [-0.2, 0) is 0 Å². The average molecular weight is 313 g/mol. The number of rotatable bonds is 0. The van der Waals surface area contributed by atoms with Gasteiger partial charge in [-0.1, -0.05) is 0 Å². The van der Waals surface area contributed by atoms with Gasteiger partial charge in [0.05, 0.1) is 0 Å². The Hall–Kier alpha value is 0.733. The van der Waals surface area contributed by atoms with E-state index in [0.29, 0.717) is 0 Å². The molecule has 0 N–H and O–H groups in total. The van der Waals surface area contributed by atoms with Crippen LogP contribution in [0, 0.1) is 26.0 Å². The summed E-state index contributed by atoms with van der Waals surface area (Å²) in [5.41, 5.74) is 0. The van der Waals surface area contributed by atoms with E-state index in [0.717, 1.165) is 0 Å². The Morgan fingerprint density at radius 1 is 0.800 bits per heavy atom. The molecule has 0 aliphatic heterocycles. The molecule has 0 atom stereocenters. The molecule has 0 spiro atoms. The van der Waals surface area contributed by atoms with Crippen LogP contribution in [0.5, 0.6) is 0 Å². The van der Waals surface area contributed by atoms with Crippen molar-refractivity contribution >= 4 is 0 Å². The molecule has 0 radical (unpaired) electrons. The van der Waals surface area contributed by atoms with Crippen molar-refractivity contribution < 1.29 is 34.9 Å². The predicted molar refractivity (Wildman–Crippen MR) is 4.43 cm³/mol. The van der Waals surface area contributed by atoms with Crippen molar-refractivity contribution in [3.63, 3.8) is 0 Å². The second kappa shape index (κ2) is 1.45. The molecular weight excluding hydrogens is 313 g/mol. The Morgan fingerprint density at radius 3 is 0.800 bits per heavy atom. The Labute approximate surface area is 35.2 Å². The van der Waals surface area contributed by atoms with E-state index in [1.54, 1.807) is 0 Å². The Kier molecular flexibility index (Phi) is 1.67. The molecule has 0 aromatic heterocycles. The first-order chi connectivity index (χ1) is 2.00. The Bertz CT molecular complexity index is 19.1. The molecule has 0 saturated carbocycles. The van der Waals surface area contributed by atoms with Gasteiger partial charge in [-0.05, 0) is 0 Å². The normalized spacial score (nSPS) is 12.0. The molecule has 0 aromatic rings. The molecule has 5 heteroatoms. The molecule has 0 nitrogen and oxygen atoms in total. The van der Waals surface area contributed by atoms with Crippen LogP contribution in [0.1, 0.15) is 0 Å². The molecule has 0 heterocycles. The van der Waals surface area contributed by atoms with Crippen LogP contribution in [0.25, 0.3) is 0 Å². The number of hydrogen-bond acceptors (Lipinski definition) is 0. The second-order valence-electron chi connectivity index (χ2n) is 0.383. The van der Waals surface area contributed by atoms with E-state index in [1.165, 1.54) is 0 Å². The van der Waals surface area contributed by atoms with Crippen LogP contribution in [0.15, 0.2) is 0 Å². The summed E-state index contributed by atoms with van der Waals surface area (Å²) in [6.45, 7) is 0. The predicted octanol–water partition coefficient (Wildman–Crippen LogP) is 1.68. The molecule has 33 valence electrons. The summed E-state index contributed by atoms with van der Waals surface area (Å²) < 4.78 is 39.6. The van der Waals surface area contributed by atoms with Crippen molar-refractivity contribution in [2.75, 3.05) is 0 Å².